The van der Waals surface area contributed by atoms with Crippen LogP contribution in [0.1, 0.15) is 11.4 Å². The van der Waals surface area contributed by atoms with E-state index in [0.717, 1.165) is 11.4 Å². The van der Waals surface area contributed by atoms with E-state index in [2.05, 4.69) is 16.8 Å². The molecule has 0 fully saturated rings. The Balaban J connectivity index is 2.23. The van der Waals surface area contributed by atoms with Gasteiger partial charge in [-0.3, -0.25) is 19.8 Å². The van der Waals surface area contributed by atoms with Crippen LogP contribution in [0.3, 0.4) is 0 Å². The first-order chi connectivity index (χ1) is 9.11. The molecule has 1 N–H and O–H groups in total. The van der Waals surface area contributed by atoms with Crippen molar-refractivity contribution in [2.24, 2.45) is 0 Å². The number of hydrogen-bond donors (Lipinski definition) is 1. The van der Waals surface area contributed by atoms with Crippen molar-refractivity contribution in [2.45, 2.75) is 13.0 Å². The molecule has 7 heteroatoms. The molecule has 6 nitrogen and oxygen atoms in total. The molecule has 0 bridgehead atoms. The first-order valence-electron chi connectivity index (χ1n) is 5.60. The minimum Gasteiger partial charge on any atom is -0.300 e. The Kier molecular flexibility index (Phi) is 3.86. The summed E-state index contributed by atoms with van der Waals surface area (Å²) >= 11 is 5.12. The van der Waals surface area contributed by atoms with Crippen molar-refractivity contribution < 1.29 is 4.92 Å². The summed E-state index contributed by atoms with van der Waals surface area (Å²) in [5, 5.41) is 17.5. The van der Waals surface area contributed by atoms with E-state index in [4.69, 9.17) is 12.2 Å². The van der Waals surface area contributed by atoms with Crippen LogP contribution in [0.5, 0.6) is 0 Å². The second-order valence-corrected chi connectivity index (χ2v) is 4.33. The molecule has 19 heavy (non-hydrogen) atoms. The van der Waals surface area contributed by atoms with E-state index >= 15 is 0 Å². The third-order valence-corrected chi connectivity index (χ3v) is 2.97. The SMILES string of the molecule is C=CCn1c(Cc2ccc([N+](=O)[O-])cc2)n[nH]c1=S. The fourth-order valence-electron chi connectivity index (χ4n) is 1.72. The molecule has 0 aliphatic rings. The average molecular weight is 276 g/mol. The van der Waals surface area contributed by atoms with Crippen molar-refractivity contribution >= 4 is 17.9 Å². The van der Waals surface area contributed by atoms with Crippen LogP contribution in [-0.4, -0.2) is 19.7 Å². The molecule has 1 aromatic carbocycles. The molecule has 0 amide bonds. The molecule has 2 aromatic rings. The van der Waals surface area contributed by atoms with Crippen LogP contribution < -0.4 is 0 Å². The maximum absolute atomic E-state index is 10.6. The number of benzene rings is 1. The number of rotatable bonds is 5. The average Bonchev–Trinajstić information content (AvgIpc) is 2.73. The van der Waals surface area contributed by atoms with Crippen LogP contribution in [0.2, 0.25) is 0 Å². The number of nitrogens with zero attached hydrogens (tertiary/aromatic N) is 3. The molecule has 0 spiro atoms. The minimum atomic E-state index is -0.419. The summed E-state index contributed by atoms with van der Waals surface area (Å²) in [5.74, 6) is 0.777. The Bertz CT molecular complexity index is 657. The molecule has 0 atom stereocenters. The van der Waals surface area contributed by atoms with Crippen LogP contribution in [0.4, 0.5) is 5.69 Å². The Morgan fingerprint density at radius 1 is 1.47 bits per heavy atom. The highest BCUT2D eigenvalue weighted by atomic mass is 32.1. The first kappa shape index (κ1) is 13.2. The Morgan fingerprint density at radius 3 is 2.74 bits per heavy atom. The summed E-state index contributed by atoms with van der Waals surface area (Å²) in [5.41, 5.74) is 1.01. The largest absolute Gasteiger partial charge is 0.300 e. The molecule has 0 unspecified atom stereocenters. The molecule has 98 valence electrons. The summed E-state index contributed by atoms with van der Waals surface area (Å²) in [6, 6.07) is 6.39. The number of nitro groups is 1. The van der Waals surface area contributed by atoms with Gasteiger partial charge in [0.2, 0.25) is 0 Å². The van der Waals surface area contributed by atoms with Crippen molar-refractivity contribution in [3.05, 3.63) is 63.2 Å². The van der Waals surface area contributed by atoms with Crippen LogP contribution in [0.15, 0.2) is 36.9 Å². The van der Waals surface area contributed by atoms with E-state index in [1.54, 1.807) is 18.2 Å². The lowest BCUT2D eigenvalue weighted by Crippen LogP contribution is -2.03. The summed E-state index contributed by atoms with van der Waals surface area (Å²) in [4.78, 5) is 10.2. The normalized spacial score (nSPS) is 10.3. The monoisotopic (exact) mass is 276 g/mol. The van der Waals surface area contributed by atoms with E-state index in [0.29, 0.717) is 17.7 Å². The van der Waals surface area contributed by atoms with E-state index in [1.807, 2.05) is 4.57 Å². The predicted octanol–water partition coefficient (Wildman–Crippen LogP) is 2.63. The fourth-order valence-corrected chi connectivity index (χ4v) is 1.95. The first-order valence-corrected chi connectivity index (χ1v) is 6.01. The van der Waals surface area contributed by atoms with E-state index in [9.17, 15) is 10.1 Å². The van der Waals surface area contributed by atoms with Gasteiger partial charge in [-0.25, -0.2) is 0 Å². The second-order valence-electron chi connectivity index (χ2n) is 3.94. The smallest absolute Gasteiger partial charge is 0.269 e. The topological polar surface area (TPSA) is 76.8 Å². The zero-order valence-corrected chi connectivity index (χ0v) is 10.9. The number of non-ortho nitro benzene ring substituents is 1. The number of nitro benzene ring substituents is 1. The Labute approximate surface area is 114 Å². The third-order valence-electron chi connectivity index (χ3n) is 2.66. The van der Waals surface area contributed by atoms with Gasteiger partial charge in [0.25, 0.3) is 5.69 Å². The molecule has 0 aliphatic heterocycles. The highest BCUT2D eigenvalue weighted by Crippen LogP contribution is 2.14. The maximum Gasteiger partial charge on any atom is 0.269 e. The summed E-state index contributed by atoms with van der Waals surface area (Å²) < 4.78 is 2.38. The lowest BCUT2D eigenvalue weighted by Gasteiger charge is -2.03. The van der Waals surface area contributed by atoms with Crippen molar-refractivity contribution in [1.82, 2.24) is 14.8 Å². The quantitative estimate of drug-likeness (QED) is 0.394. The van der Waals surface area contributed by atoms with Crippen LogP contribution >= 0.6 is 12.2 Å². The maximum atomic E-state index is 10.6. The van der Waals surface area contributed by atoms with Gasteiger partial charge in [-0.05, 0) is 17.8 Å². The Hall–Kier alpha value is -2.28. The molecule has 1 heterocycles. The number of aromatic amines is 1. The number of allylic oxidation sites excluding steroid dienone is 1. The highest BCUT2D eigenvalue weighted by Gasteiger charge is 2.08. The minimum absolute atomic E-state index is 0.0775. The summed E-state index contributed by atoms with van der Waals surface area (Å²) in [7, 11) is 0. The zero-order valence-electron chi connectivity index (χ0n) is 10.1. The lowest BCUT2D eigenvalue weighted by atomic mass is 10.1. The van der Waals surface area contributed by atoms with Gasteiger partial charge in [-0.15, -0.1) is 6.58 Å². The Morgan fingerprint density at radius 2 is 2.16 bits per heavy atom. The number of hydrogen-bond acceptors (Lipinski definition) is 4. The zero-order chi connectivity index (χ0) is 13.8. The van der Waals surface area contributed by atoms with Crippen molar-refractivity contribution in [3.8, 4) is 0 Å². The van der Waals surface area contributed by atoms with Gasteiger partial charge in [0.15, 0.2) is 4.77 Å². The second kappa shape index (κ2) is 5.57. The van der Waals surface area contributed by atoms with Crippen LogP contribution in [0.25, 0.3) is 0 Å². The molecule has 0 radical (unpaired) electrons. The van der Waals surface area contributed by atoms with Crippen molar-refractivity contribution in [2.75, 3.05) is 0 Å². The van der Waals surface area contributed by atoms with Gasteiger partial charge >= 0.3 is 0 Å². The van der Waals surface area contributed by atoms with E-state index < -0.39 is 4.92 Å². The molecule has 0 aliphatic carbocycles. The highest BCUT2D eigenvalue weighted by molar-refractivity contribution is 7.71. The van der Waals surface area contributed by atoms with E-state index in [1.165, 1.54) is 12.1 Å². The molecule has 2 rings (SSSR count). The van der Waals surface area contributed by atoms with Crippen LogP contribution in [-0.2, 0) is 13.0 Å². The van der Waals surface area contributed by atoms with Gasteiger partial charge in [0.1, 0.15) is 5.82 Å². The number of nitrogens with one attached hydrogen (secondary N) is 1. The lowest BCUT2D eigenvalue weighted by molar-refractivity contribution is -0.384. The van der Waals surface area contributed by atoms with E-state index in [-0.39, 0.29) is 5.69 Å². The number of aromatic nitrogens is 3. The van der Waals surface area contributed by atoms with Gasteiger partial charge in [-0.2, -0.15) is 5.10 Å². The predicted molar refractivity (Wildman–Crippen MR) is 73.5 cm³/mol. The van der Waals surface area contributed by atoms with Crippen molar-refractivity contribution in [3.63, 3.8) is 0 Å². The van der Waals surface area contributed by atoms with Gasteiger partial charge in [-0.1, -0.05) is 18.2 Å². The fraction of sp³-hybridized carbons (Fsp3) is 0.167. The standard InChI is InChI=1S/C12H12N4O2S/c1-2-7-15-11(13-14-12(15)19)8-9-3-5-10(6-4-9)16(17)18/h2-6H,1,7-8H2,(H,14,19). The molecule has 0 saturated heterocycles. The van der Waals surface area contributed by atoms with Crippen molar-refractivity contribution in [1.29, 1.82) is 0 Å². The molecule has 1 aromatic heterocycles. The van der Waals surface area contributed by atoms with Gasteiger partial charge in [0, 0.05) is 25.1 Å². The molecular weight excluding hydrogens is 264 g/mol. The third kappa shape index (κ3) is 2.94. The number of H-pyrrole nitrogens is 1. The molecule has 0 saturated carbocycles. The molecular formula is C12H12N4O2S. The summed E-state index contributed by atoms with van der Waals surface area (Å²) in [6.07, 6.45) is 2.30. The van der Waals surface area contributed by atoms with Crippen LogP contribution in [0, 0.1) is 14.9 Å². The van der Waals surface area contributed by atoms with Gasteiger partial charge < -0.3 is 0 Å². The summed E-state index contributed by atoms with van der Waals surface area (Å²) in [6.45, 7) is 4.25. The van der Waals surface area contributed by atoms with Gasteiger partial charge in [0.05, 0.1) is 4.92 Å².